The van der Waals surface area contributed by atoms with Gasteiger partial charge in [-0.15, -0.1) is 0 Å². The Bertz CT molecular complexity index is 744. The molecule has 0 spiro atoms. The molecule has 1 aromatic heterocycles. The zero-order valence-electron chi connectivity index (χ0n) is 13.7. The number of benzene rings is 1. The van der Waals surface area contributed by atoms with Crippen LogP contribution in [0.5, 0.6) is 0 Å². The molecule has 0 N–H and O–H groups in total. The fraction of sp³-hybridized carbons (Fsp3) is 0.500. The van der Waals surface area contributed by atoms with E-state index in [1.54, 1.807) is 16.7 Å². The Morgan fingerprint density at radius 3 is 2.57 bits per heavy atom. The van der Waals surface area contributed by atoms with Gasteiger partial charge in [-0.05, 0) is 45.9 Å². The van der Waals surface area contributed by atoms with E-state index in [1.807, 2.05) is 38.7 Å². The summed E-state index contributed by atoms with van der Waals surface area (Å²) in [5.74, 6) is 0.563. The Kier molecular flexibility index (Phi) is 6.17. The molecule has 1 aromatic carbocycles. The van der Waals surface area contributed by atoms with E-state index in [1.165, 1.54) is 23.1 Å². The van der Waals surface area contributed by atoms with E-state index in [9.17, 15) is 9.59 Å². The molecule has 7 heteroatoms. The lowest BCUT2D eigenvalue weighted by Gasteiger charge is -2.30. The van der Waals surface area contributed by atoms with Gasteiger partial charge in [0, 0.05) is 29.4 Å². The summed E-state index contributed by atoms with van der Waals surface area (Å²) in [6.45, 7) is 8.54. The van der Waals surface area contributed by atoms with E-state index in [4.69, 9.17) is 11.6 Å². The Hall–Kier alpha value is -0.980. The number of aryl methyl sites for hydroxylation is 1. The van der Waals surface area contributed by atoms with Gasteiger partial charge in [-0.3, -0.25) is 14.2 Å². The molecule has 2 aromatic rings. The molecule has 4 nitrogen and oxygen atoms in total. The van der Waals surface area contributed by atoms with Gasteiger partial charge in [-0.1, -0.05) is 34.7 Å². The predicted octanol–water partition coefficient (Wildman–Crippen LogP) is 4.69. The molecule has 1 amide bonds. The highest BCUT2D eigenvalue weighted by Gasteiger charge is 2.20. The average molecular weight is 373 g/mol. The number of carbonyl (C=O) groups is 1. The molecule has 2 rings (SSSR count). The van der Waals surface area contributed by atoms with Crippen LogP contribution in [-0.2, 0) is 6.54 Å². The smallest absolute Gasteiger partial charge is 0.308 e. The zero-order valence-corrected chi connectivity index (χ0v) is 16.1. The lowest BCUT2D eigenvalue weighted by atomic mass is 10.2. The van der Waals surface area contributed by atoms with Crippen LogP contribution < -0.4 is 4.87 Å². The maximum absolute atomic E-state index is 12.3. The minimum absolute atomic E-state index is 0.0140. The maximum atomic E-state index is 12.3. The first-order valence-corrected chi connectivity index (χ1v) is 9.73. The summed E-state index contributed by atoms with van der Waals surface area (Å²) in [4.78, 5) is 26.3. The van der Waals surface area contributed by atoms with Gasteiger partial charge >= 0.3 is 4.87 Å². The van der Waals surface area contributed by atoms with Crippen molar-refractivity contribution in [2.24, 2.45) is 0 Å². The van der Waals surface area contributed by atoms with Gasteiger partial charge in [-0.25, -0.2) is 0 Å². The number of rotatable bonds is 5. The fourth-order valence-electron chi connectivity index (χ4n) is 2.56. The molecule has 23 heavy (non-hydrogen) atoms. The standard InChI is InChI=1S/C16H21ClN2O2S2/c1-10(2)19(11(3)4)16(21)22-8-7-18-13-9-12(17)5-6-14(13)23-15(18)20/h5-6,9-11H,7-8H2,1-4H3. The van der Waals surface area contributed by atoms with Crippen molar-refractivity contribution in [3.63, 3.8) is 0 Å². The van der Waals surface area contributed by atoms with Crippen molar-refractivity contribution in [3.05, 3.63) is 32.9 Å². The summed E-state index contributed by atoms with van der Waals surface area (Å²) in [5, 5.41) is 0.666. The summed E-state index contributed by atoms with van der Waals surface area (Å²) < 4.78 is 2.61. The van der Waals surface area contributed by atoms with Crippen LogP contribution in [-0.4, -0.2) is 32.5 Å². The average Bonchev–Trinajstić information content (AvgIpc) is 2.74. The largest absolute Gasteiger partial charge is 0.329 e. The third-order valence-corrected chi connectivity index (χ3v) is 5.53. The molecular formula is C16H21ClN2O2S2. The highest BCUT2D eigenvalue weighted by Crippen LogP contribution is 2.22. The topological polar surface area (TPSA) is 42.3 Å². The second-order valence-corrected chi connectivity index (χ2v) is 8.32. The summed E-state index contributed by atoms with van der Waals surface area (Å²) in [7, 11) is 0. The molecule has 1 heterocycles. The first kappa shape index (κ1) is 18.4. The van der Waals surface area contributed by atoms with Gasteiger partial charge in [0.2, 0.25) is 0 Å². The number of carbonyl (C=O) groups excluding carboxylic acids is 1. The van der Waals surface area contributed by atoms with Gasteiger partial charge in [0.05, 0.1) is 10.2 Å². The molecule has 0 fully saturated rings. The molecule has 0 aliphatic heterocycles. The summed E-state index contributed by atoms with van der Waals surface area (Å²) >= 11 is 8.49. The van der Waals surface area contributed by atoms with E-state index < -0.39 is 0 Å². The van der Waals surface area contributed by atoms with Crippen molar-refractivity contribution < 1.29 is 4.79 Å². The Balaban J connectivity index is 2.07. The number of fused-ring (bicyclic) bond motifs is 1. The summed E-state index contributed by atoms with van der Waals surface area (Å²) in [6, 6.07) is 5.77. The third-order valence-electron chi connectivity index (χ3n) is 3.49. The highest BCUT2D eigenvalue weighted by molar-refractivity contribution is 8.13. The van der Waals surface area contributed by atoms with Gasteiger partial charge in [0.1, 0.15) is 0 Å². The quantitative estimate of drug-likeness (QED) is 0.764. The lowest BCUT2D eigenvalue weighted by Crippen LogP contribution is -2.40. The molecule has 0 saturated heterocycles. The summed E-state index contributed by atoms with van der Waals surface area (Å²) in [6.07, 6.45) is 0. The van der Waals surface area contributed by atoms with E-state index in [-0.39, 0.29) is 22.2 Å². The normalized spacial score (nSPS) is 11.6. The number of aromatic nitrogens is 1. The number of hydrogen-bond donors (Lipinski definition) is 0. The molecule has 0 saturated carbocycles. The Morgan fingerprint density at radius 2 is 1.96 bits per heavy atom. The minimum Gasteiger partial charge on any atom is -0.329 e. The van der Waals surface area contributed by atoms with Crippen molar-refractivity contribution in [2.45, 2.75) is 46.3 Å². The van der Waals surface area contributed by atoms with E-state index >= 15 is 0 Å². The number of halogens is 1. The van der Waals surface area contributed by atoms with Crippen LogP contribution in [0.3, 0.4) is 0 Å². The van der Waals surface area contributed by atoms with Crippen LogP contribution in [0.2, 0.25) is 5.02 Å². The van der Waals surface area contributed by atoms with Crippen molar-refractivity contribution >= 4 is 50.2 Å². The lowest BCUT2D eigenvalue weighted by molar-refractivity contribution is 0.190. The first-order chi connectivity index (χ1) is 10.8. The van der Waals surface area contributed by atoms with Crippen molar-refractivity contribution in [1.82, 2.24) is 9.47 Å². The number of nitrogens with zero attached hydrogens (tertiary/aromatic N) is 2. The molecule has 126 valence electrons. The third kappa shape index (κ3) is 4.31. The summed E-state index contributed by atoms with van der Waals surface area (Å²) in [5.41, 5.74) is 0.838. The molecule has 0 radical (unpaired) electrons. The van der Waals surface area contributed by atoms with Crippen LogP contribution in [0.15, 0.2) is 23.0 Å². The molecular weight excluding hydrogens is 352 g/mol. The van der Waals surface area contributed by atoms with E-state index in [0.717, 1.165) is 10.2 Å². The molecule has 0 bridgehead atoms. The fourth-order valence-corrected chi connectivity index (χ4v) is 4.65. The monoisotopic (exact) mass is 372 g/mol. The Labute approximate surface area is 149 Å². The molecule has 0 aliphatic rings. The molecule has 0 aliphatic carbocycles. The van der Waals surface area contributed by atoms with Crippen LogP contribution in [0.25, 0.3) is 10.2 Å². The number of hydrogen-bond acceptors (Lipinski definition) is 4. The second kappa shape index (κ2) is 7.73. The zero-order chi connectivity index (χ0) is 17.1. The maximum Gasteiger partial charge on any atom is 0.308 e. The molecule has 0 unspecified atom stereocenters. The van der Waals surface area contributed by atoms with Crippen LogP contribution in [0.4, 0.5) is 4.79 Å². The van der Waals surface area contributed by atoms with Crippen LogP contribution >= 0.6 is 34.7 Å². The molecule has 0 atom stereocenters. The van der Waals surface area contributed by atoms with Crippen molar-refractivity contribution in [1.29, 1.82) is 0 Å². The highest BCUT2D eigenvalue weighted by atomic mass is 35.5. The van der Waals surface area contributed by atoms with Gasteiger partial charge < -0.3 is 4.90 Å². The van der Waals surface area contributed by atoms with E-state index in [2.05, 4.69) is 0 Å². The van der Waals surface area contributed by atoms with Crippen molar-refractivity contribution in [2.75, 3.05) is 5.75 Å². The number of thioether (sulfide) groups is 1. The van der Waals surface area contributed by atoms with Crippen LogP contribution in [0, 0.1) is 0 Å². The number of amides is 1. The first-order valence-electron chi connectivity index (χ1n) is 7.55. The van der Waals surface area contributed by atoms with Crippen molar-refractivity contribution in [3.8, 4) is 0 Å². The van der Waals surface area contributed by atoms with Gasteiger partial charge in [0.15, 0.2) is 0 Å². The van der Waals surface area contributed by atoms with Crippen LogP contribution in [0.1, 0.15) is 27.7 Å². The van der Waals surface area contributed by atoms with E-state index in [0.29, 0.717) is 17.3 Å². The number of thiazole rings is 1. The SMILES string of the molecule is CC(C)N(C(=O)SCCn1c(=O)sc2ccc(Cl)cc21)C(C)C. The van der Waals surface area contributed by atoms with Gasteiger partial charge in [0.25, 0.3) is 5.24 Å². The minimum atomic E-state index is -0.0140. The predicted molar refractivity (Wildman–Crippen MR) is 101 cm³/mol. The Morgan fingerprint density at radius 1 is 1.30 bits per heavy atom. The van der Waals surface area contributed by atoms with Gasteiger partial charge in [-0.2, -0.15) is 0 Å². The second-order valence-electron chi connectivity index (χ2n) is 5.84.